The monoisotopic (exact) mass is 414 g/mol. The second kappa shape index (κ2) is 7.42. The summed E-state index contributed by atoms with van der Waals surface area (Å²) in [6.45, 7) is 0. The van der Waals surface area contributed by atoms with Gasteiger partial charge < -0.3 is 4.74 Å². The number of carbonyl (C=O) groups is 1. The van der Waals surface area contributed by atoms with Crippen LogP contribution in [-0.4, -0.2) is 30.4 Å². The van der Waals surface area contributed by atoms with Crippen molar-refractivity contribution in [1.29, 1.82) is 0 Å². The Morgan fingerprint density at radius 1 is 0.967 bits per heavy atom. The van der Waals surface area contributed by atoms with Gasteiger partial charge in [-0.25, -0.2) is 4.99 Å². The Bertz CT molecular complexity index is 1130. The molecule has 0 spiro atoms. The number of β-lactam (4-membered cyclic amide) rings is 1. The summed E-state index contributed by atoms with van der Waals surface area (Å²) >= 11 is 1.63. The number of rotatable bonds is 3. The molecule has 1 saturated heterocycles. The molecule has 0 N–H and O–H groups in total. The first-order valence-corrected chi connectivity index (χ1v) is 11.1. The number of hydrogen-bond donors (Lipinski definition) is 0. The molecule has 4 nitrogen and oxygen atoms in total. The lowest BCUT2D eigenvalue weighted by Crippen LogP contribution is -2.73. The van der Waals surface area contributed by atoms with Crippen molar-refractivity contribution in [3.63, 3.8) is 0 Å². The van der Waals surface area contributed by atoms with Gasteiger partial charge in [-0.05, 0) is 35.1 Å². The van der Waals surface area contributed by atoms with Crippen LogP contribution in [0.15, 0.2) is 83.9 Å². The number of nitrogens with zero attached hydrogens (tertiary/aromatic N) is 2. The van der Waals surface area contributed by atoms with Crippen LogP contribution in [-0.2, 0) is 15.1 Å². The van der Waals surface area contributed by atoms with Crippen molar-refractivity contribution in [2.45, 2.75) is 18.1 Å². The number of benzene rings is 3. The van der Waals surface area contributed by atoms with E-state index in [0.717, 1.165) is 27.5 Å². The summed E-state index contributed by atoms with van der Waals surface area (Å²) in [5, 5.41) is 0.992. The summed E-state index contributed by atoms with van der Waals surface area (Å²) in [5.74, 6) is -0.0189. The van der Waals surface area contributed by atoms with Gasteiger partial charge in [0.15, 0.2) is 6.10 Å². The van der Waals surface area contributed by atoms with E-state index < -0.39 is 11.6 Å². The van der Waals surface area contributed by atoms with Crippen LogP contribution in [0, 0.1) is 0 Å². The number of aliphatic imine (C=N–C) groups is 1. The summed E-state index contributed by atoms with van der Waals surface area (Å²) in [5.41, 5.74) is 4.44. The van der Waals surface area contributed by atoms with E-state index in [1.54, 1.807) is 18.9 Å². The second-order valence-electron chi connectivity index (χ2n) is 7.53. The summed E-state index contributed by atoms with van der Waals surface area (Å²) in [6.07, 6.45) is 2.12. The van der Waals surface area contributed by atoms with Crippen LogP contribution in [0.25, 0.3) is 11.1 Å². The zero-order chi connectivity index (χ0) is 20.7. The van der Waals surface area contributed by atoms with Crippen LogP contribution in [0.5, 0.6) is 0 Å². The molecule has 0 radical (unpaired) electrons. The highest BCUT2D eigenvalue weighted by Gasteiger charge is 2.63. The standard InChI is InChI=1S/C25H22N2O2S/c1-29-23-24(28)27-21-11-7-6-10-20(21)26-22(30-2)16-25(23,27)19-14-12-18(13-15-19)17-8-4-3-5-9-17/h3-15,23H,16H2,1-2H3. The SMILES string of the molecule is COC1C(=O)N2c3ccccc3N=C(SC)CC12c1ccc(-c2ccccc2)cc1. The number of carbonyl (C=O) groups excluding carboxylic acids is 1. The fourth-order valence-corrected chi connectivity index (χ4v) is 5.16. The first-order chi connectivity index (χ1) is 14.7. The van der Waals surface area contributed by atoms with Gasteiger partial charge >= 0.3 is 0 Å². The number of para-hydroxylation sites is 2. The largest absolute Gasteiger partial charge is 0.369 e. The highest BCUT2D eigenvalue weighted by molar-refractivity contribution is 8.13. The zero-order valence-electron chi connectivity index (χ0n) is 16.9. The van der Waals surface area contributed by atoms with Crippen LogP contribution in [0.1, 0.15) is 12.0 Å². The van der Waals surface area contributed by atoms with Crippen molar-refractivity contribution in [2.75, 3.05) is 18.3 Å². The third-order valence-electron chi connectivity index (χ3n) is 6.03. The average molecular weight is 415 g/mol. The lowest BCUT2D eigenvalue weighted by molar-refractivity contribution is -0.147. The molecule has 0 saturated carbocycles. The number of fused-ring (bicyclic) bond motifs is 3. The number of ether oxygens (including phenoxy) is 1. The number of thioether (sulfide) groups is 1. The zero-order valence-corrected chi connectivity index (χ0v) is 17.7. The molecule has 5 heteroatoms. The molecule has 3 aromatic carbocycles. The molecule has 1 amide bonds. The van der Waals surface area contributed by atoms with E-state index in [0.29, 0.717) is 6.42 Å². The van der Waals surface area contributed by atoms with E-state index in [4.69, 9.17) is 9.73 Å². The van der Waals surface area contributed by atoms with E-state index in [2.05, 4.69) is 36.4 Å². The van der Waals surface area contributed by atoms with Gasteiger partial charge in [0, 0.05) is 13.5 Å². The second-order valence-corrected chi connectivity index (χ2v) is 8.41. The molecule has 2 atom stereocenters. The number of hydrogen-bond acceptors (Lipinski definition) is 4. The van der Waals surface area contributed by atoms with Crippen LogP contribution >= 0.6 is 11.8 Å². The molecular weight excluding hydrogens is 392 g/mol. The summed E-state index contributed by atoms with van der Waals surface area (Å²) in [7, 11) is 1.62. The fourth-order valence-electron chi connectivity index (χ4n) is 4.60. The minimum Gasteiger partial charge on any atom is -0.369 e. The van der Waals surface area contributed by atoms with Gasteiger partial charge in [-0.1, -0.05) is 66.7 Å². The molecule has 2 unspecified atom stereocenters. The smallest absolute Gasteiger partial charge is 0.259 e. The molecular formula is C25H22N2O2S. The van der Waals surface area contributed by atoms with Gasteiger partial charge in [-0.15, -0.1) is 11.8 Å². The Morgan fingerprint density at radius 2 is 1.63 bits per heavy atom. The quantitative estimate of drug-likeness (QED) is 0.538. The maximum atomic E-state index is 13.1. The van der Waals surface area contributed by atoms with Crippen LogP contribution in [0.4, 0.5) is 11.4 Å². The third kappa shape index (κ3) is 2.73. The van der Waals surface area contributed by atoms with Crippen molar-refractivity contribution in [3.05, 3.63) is 84.4 Å². The molecule has 3 aromatic rings. The third-order valence-corrected chi connectivity index (χ3v) is 6.74. The highest BCUT2D eigenvalue weighted by Crippen LogP contribution is 2.53. The molecule has 1 fully saturated rings. The van der Waals surface area contributed by atoms with Gasteiger partial charge in [-0.2, -0.15) is 0 Å². The van der Waals surface area contributed by atoms with Crippen molar-refractivity contribution >= 4 is 34.1 Å². The lowest BCUT2D eigenvalue weighted by atomic mass is 9.72. The fraction of sp³-hybridized carbons (Fsp3) is 0.200. The molecule has 30 heavy (non-hydrogen) atoms. The Morgan fingerprint density at radius 3 is 2.33 bits per heavy atom. The summed E-state index contributed by atoms with van der Waals surface area (Å²) in [6, 6.07) is 26.7. The number of amides is 1. The maximum absolute atomic E-state index is 13.1. The van der Waals surface area contributed by atoms with Crippen LogP contribution in [0.2, 0.25) is 0 Å². The summed E-state index contributed by atoms with van der Waals surface area (Å²) < 4.78 is 5.75. The maximum Gasteiger partial charge on any atom is 0.259 e. The van der Waals surface area contributed by atoms with Crippen LogP contribution < -0.4 is 4.90 Å². The van der Waals surface area contributed by atoms with Crippen molar-refractivity contribution in [2.24, 2.45) is 4.99 Å². The van der Waals surface area contributed by atoms with Crippen molar-refractivity contribution in [1.82, 2.24) is 0 Å². The van der Waals surface area contributed by atoms with Crippen LogP contribution in [0.3, 0.4) is 0 Å². The molecule has 5 rings (SSSR count). The van der Waals surface area contributed by atoms with E-state index in [9.17, 15) is 4.79 Å². The van der Waals surface area contributed by atoms with E-state index >= 15 is 0 Å². The molecule has 2 aliphatic heterocycles. The Kier molecular flexibility index (Phi) is 4.72. The van der Waals surface area contributed by atoms with E-state index in [-0.39, 0.29) is 5.91 Å². The van der Waals surface area contributed by atoms with Gasteiger partial charge in [0.05, 0.1) is 16.4 Å². The highest BCUT2D eigenvalue weighted by atomic mass is 32.2. The molecule has 0 bridgehead atoms. The van der Waals surface area contributed by atoms with E-state index in [1.165, 1.54) is 5.56 Å². The predicted octanol–water partition coefficient (Wildman–Crippen LogP) is 5.41. The molecule has 0 aliphatic carbocycles. The first kappa shape index (κ1) is 19.1. The molecule has 0 aromatic heterocycles. The number of methoxy groups -OCH3 is 1. The topological polar surface area (TPSA) is 41.9 Å². The van der Waals surface area contributed by atoms with Gasteiger partial charge in [0.25, 0.3) is 5.91 Å². The van der Waals surface area contributed by atoms with Gasteiger partial charge in [0.1, 0.15) is 5.54 Å². The van der Waals surface area contributed by atoms with Crippen molar-refractivity contribution in [3.8, 4) is 11.1 Å². The minimum atomic E-state index is -0.602. The van der Waals surface area contributed by atoms with Gasteiger partial charge in [0.2, 0.25) is 0 Å². The molecule has 2 heterocycles. The average Bonchev–Trinajstić information content (AvgIpc) is 2.92. The van der Waals surface area contributed by atoms with Gasteiger partial charge in [-0.3, -0.25) is 9.69 Å². The normalized spacial score (nSPS) is 22.5. The van der Waals surface area contributed by atoms with Crippen molar-refractivity contribution < 1.29 is 9.53 Å². The predicted molar refractivity (Wildman–Crippen MR) is 124 cm³/mol. The lowest BCUT2D eigenvalue weighted by Gasteiger charge is -2.56. The number of anilines is 1. The first-order valence-electron chi connectivity index (χ1n) is 9.92. The summed E-state index contributed by atoms with van der Waals surface area (Å²) in [4.78, 5) is 19.9. The Hall–Kier alpha value is -2.89. The Balaban J connectivity index is 1.66. The Labute approximate surface area is 180 Å². The van der Waals surface area contributed by atoms with E-state index in [1.807, 2.05) is 53.6 Å². The minimum absolute atomic E-state index is 0.0189. The molecule has 150 valence electrons. The molecule has 2 aliphatic rings.